The molecule has 0 bridgehead atoms. The summed E-state index contributed by atoms with van der Waals surface area (Å²) in [5.74, 6) is -0.161. The van der Waals surface area contributed by atoms with E-state index in [9.17, 15) is 4.39 Å². The zero-order valence-electron chi connectivity index (χ0n) is 12.0. The molecule has 1 aliphatic carbocycles. The second-order valence-electron chi connectivity index (χ2n) is 5.91. The summed E-state index contributed by atoms with van der Waals surface area (Å²) in [5.41, 5.74) is 7.16. The minimum atomic E-state index is -0.161. The molecule has 0 spiro atoms. The molecule has 2 rings (SSSR count). The van der Waals surface area contributed by atoms with Crippen molar-refractivity contribution in [2.45, 2.75) is 57.2 Å². The molecule has 106 valence electrons. The summed E-state index contributed by atoms with van der Waals surface area (Å²) >= 11 is 0. The van der Waals surface area contributed by atoms with Crippen LogP contribution in [0, 0.1) is 5.82 Å². The number of nitrogens with two attached hydrogens (primary N) is 1. The number of nitrogens with zero attached hydrogens (tertiary/aromatic N) is 1. The van der Waals surface area contributed by atoms with Crippen molar-refractivity contribution in [2.75, 3.05) is 7.05 Å². The van der Waals surface area contributed by atoms with Crippen molar-refractivity contribution >= 4 is 0 Å². The minimum Gasteiger partial charge on any atom is -0.328 e. The van der Waals surface area contributed by atoms with Gasteiger partial charge in [-0.25, -0.2) is 4.39 Å². The molecule has 0 radical (unpaired) electrons. The van der Waals surface area contributed by atoms with Crippen LogP contribution in [-0.2, 0) is 6.42 Å². The maximum absolute atomic E-state index is 12.9. The van der Waals surface area contributed by atoms with Crippen molar-refractivity contribution in [1.29, 1.82) is 0 Å². The van der Waals surface area contributed by atoms with E-state index in [0.717, 1.165) is 19.3 Å². The highest BCUT2D eigenvalue weighted by molar-refractivity contribution is 5.17. The fourth-order valence-electron chi connectivity index (χ4n) is 2.97. The lowest BCUT2D eigenvalue weighted by Crippen LogP contribution is -2.43. The molecule has 1 atom stereocenters. The summed E-state index contributed by atoms with van der Waals surface area (Å²) in [6.45, 7) is 2.25. The highest BCUT2D eigenvalue weighted by Crippen LogP contribution is 2.23. The van der Waals surface area contributed by atoms with E-state index in [1.54, 1.807) is 12.1 Å². The first-order valence-electron chi connectivity index (χ1n) is 7.28. The van der Waals surface area contributed by atoms with Crippen LogP contribution in [0.4, 0.5) is 4.39 Å². The predicted octanol–water partition coefficient (Wildman–Crippen LogP) is 2.96. The van der Waals surface area contributed by atoms with E-state index < -0.39 is 0 Å². The molecule has 19 heavy (non-hydrogen) atoms. The van der Waals surface area contributed by atoms with E-state index in [4.69, 9.17) is 5.73 Å². The second kappa shape index (κ2) is 6.49. The topological polar surface area (TPSA) is 29.3 Å². The van der Waals surface area contributed by atoms with Gasteiger partial charge >= 0.3 is 0 Å². The van der Waals surface area contributed by atoms with Gasteiger partial charge in [0, 0.05) is 18.1 Å². The Hall–Kier alpha value is -0.930. The van der Waals surface area contributed by atoms with Gasteiger partial charge in [0.2, 0.25) is 0 Å². The van der Waals surface area contributed by atoms with Crippen molar-refractivity contribution in [3.63, 3.8) is 0 Å². The van der Waals surface area contributed by atoms with Crippen LogP contribution in [0.1, 0.15) is 38.2 Å². The molecule has 0 aliphatic heterocycles. The van der Waals surface area contributed by atoms with Crippen LogP contribution >= 0.6 is 0 Å². The van der Waals surface area contributed by atoms with Crippen molar-refractivity contribution in [3.05, 3.63) is 35.6 Å². The quantitative estimate of drug-likeness (QED) is 0.906. The maximum Gasteiger partial charge on any atom is 0.123 e. The highest BCUT2D eigenvalue weighted by Gasteiger charge is 2.24. The summed E-state index contributed by atoms with van der Waals surface area (Å²) in [6, 6.07) is 8.38. The minimum absolute atomic E-state index is 0.161. The van der Waals surface area contributed by atoms with Crippen LogP contribution in [0.15, 0.2) is 24.3 Å². The van der Waals surface area contributed by atoms with Gasteiger partial charge in [0.25, 0.3) is 0 Å². The number of hydrogen-bond acceptors (Lipinski definition) is 2. The van der Waals surface area contributed by atoms with Crippen molar-refractivity contribution < 1.29 is 4.39 Å². The molecule has 3 heteroatoms. The largest absolute Gasteiger partial charge is 0.328 e. The van der Waals surface area contributed by atoms with Gasteiger partial charge in [-0.15, -0.1) is 0 Å². The Morgan fingerprint density at radius 1 is 1.21 bits per heavy atom. The van der Waals surface area contributed by atoms with Gasteiger partial charge in [-0.05, 0) is 63.8 Å². The molecular weight excluding hydrogens is 239 g/mol. The molecule has 2 nitrogen and oxygen atoms in total. The summed E-state index contributed by atoms with van der Waals surface area (Å²) in [4.78, 5) is 2.47. The second-order valence-corrected chi connectivity index (χ2v) is 5.91. The van der Waals surface area contributed by atoms with Gasteiger partial charge in [-0.3, -0.25) is 0 Å². The van der Waals surface area contributed by atoms with E-state index in [2.05, 4.69) is 18.9 Å². The third-order valence-electron chi connectivity index (χ3n) is 4.46. The van der Waals surface area contributed by atoms with E-state index >= 15 is 0 Å². The summed E-state index contributed by atoms with van der Waals surface area (Å²) < 4.78 is 12.9. The average Bonchev–Trinajstić information content (AvgIpc) is 2.41. The number of benzene rings is 1. The Labute approximate surface area is 115 Å². The zero-order valence-corrected chi connectivity index (χ0v) is 12.0. The summed E-state index contributed by atoms with van der Waals surface area (Å²) in [6.07, 6.45) is 5.65. The third kappa shape index (κ3) is 4.02. The lowest BCUT2D eigenvalue weighted by molar-refractivity contribution is 0.140. The number of halogens is 1. The molecule has 0 saturated heterocycles. The Morgan fingerprint density at radius 2 is 1.79 bits per heavy atom. The van der Waals surface area contributed by atoms with Gasteiger partial charge in [0.15, 0.2) is 0 Å². The van der Waals surface area contributed by atoms with Crippen LogP contribution in [0.2, 0.25) is 0 Å². The Bertz CT molecular complexity index is 382. The van der Waals surface area contributed by atoms with E-state index in [0.29, 0.717) is 18.1 Å². The number of rotatable bonds is 4. The third-order valence-corrected chi connectivity index (χ3v) is 4.46. The first-order valence-corrected chi connectivity index (χ1v) is 7.28. The molecule has 1 aromatic carbocycles. The smallest absolute Gasteiger partial charge is 0.123 e. The summed E-state index contributed by atoms with van der Waals surface area (Å²) in [5, 5.41) is 0. The molecule has 0 aromatic heterocycles. The van der Waals surface area contributed by atoms with Gasteiger partial charge in [-0.1, -0.05) is 12.1 Å². The zero-order chi connectivity index (χ0) is 13.8. The molecule has 1 aromatic rings. The highest BCUT2D eigenvalue weighted by atomic mass is 19.1. The van der Waals surface area contributed by atoms with Gasteiger partial charge in [0.1, 0.15) is 5.82 Å². The van der Waals surface area contributed by atoms with E-state index in [1.165, 1.54) is 18.4 Å². The lowest BCUT2D eigenvalue weighted by Gasteiger charge is -2.37. The Morgan fingerprint density at radius 3 is 2.37 bits per heavy atom. The van der Waals surface area contributed by atoms with Crippen LogP contribution in [-0.4, -0.2) is 30.1 Å². The molecule has 1 unspecified atom stereocenters. The SMILES string of the molecule is CC(Cc1ccc(F)cc1)N(C)C1CCC(N)CC1. The van der Waals surface area contributed by atoms with Crippen molar-refractivity contribution in [2.24, 2.45) is 5.73 Å². The van der Waals surface area contributed by atoms with Crippen LogP contribution in [0.5, 0.6) is 0 Å². The standard InChI is InChI=1S/C16H25FN2/c1-12(11-13-3-5-14(17)6-4-13)19(2)16-9-7-15(18)8-10-16/h3-6,12,15-16H,7-11,18H2,1-2H3. The Kier molecular flexibility index (Phi) is 4.94. The van der Waals surface area contributed by atoms with E-state index in [-0.39, 0.29) is 5.82 Å². The Balaban J connectivity index is 1.88. The lowest BCUT2D eigenvalue weighted by atomic mass is 9.90. The number of hydrogen-bond donors (Lipinski definition) is 1. The molecule has 0 heterocycles. The number of likely N-dealkylation sites (N-methyl/N-ethyl adjacent to an activating group) is 1. The van der Waals surface area contributed by atoms with Gasteiger partial charge < -0.3 is 10.6 Å². The monoisotopic (exact) mass is 264 g/mol. The molecular formula is C16H25FN2. The fourth-order valence-corrected chi connectivity index (χ4v) is 2.97. The normalized spacial score (nSPS) is 25.5. The van der Waals surface area contributed by atoms with Gasteiger partial charge in [0.05, 0.1) is 0 Å². The molecule has 1 saturated carbocycles. The van der Waals surface area contributed by atoms with E-state index in [1.807, 2.05) is 12.1 Å². The maximum atomic E-state index is 12.9. The predicted molar refractivity (Wildman–Crippen MR) is 77.6 cm³/mol. The average molecular weight is 264 g/mol. The van der Waals surface area contributed by atoms with Crippen LogP contribution < -0.4 is 5.73 Å². The first-order chi connectivity index (χ1) is 9.06. The molecule has 2 N–H and O–H groups in total. The van der Waals surface area contributed by atoms with Crippen molar-refractivity contribution in [3.8, 4) is 0 Å². The van der Waals surface area contributed by atoms with Crippen LogP contribution in [0.3, 0.4) is 0 Å². The molecule has 0 amide bonds. The van der Waals surface area contributed by atoms with Gasteiger partial charge in [-0.2, -0.15) is 0 Å². The fraction of sp³-hybridized carbons (Fsp3) is 0.625. The summed E-state index contributed by atoms with van der Waals surface area (Å²) in [7, 11) is 2.20. The van der Waals surface area contributed by atoms with Crippen LogP contribution in [0.25, 0.3) is 0 Å². The molecule has 1 fully saturated rings. The molecule has 1 aliphatic rings. The van der Waals surface area contributed by atoms with Crippen molar-refractivity contribution in [1.82, 2.24) is 4.90 Å². The first kappa shape index (κ1) is 14.5.